The average molecular weight is 345 g/mol. The zero-order chi connectivity index (χ0) is 17.5. The van der Waals surface area contributed by atoms with E-state index in [4.69, 9.17) is 0 Å². The lowest BCUT2D eigenvalue weighted by atomic mass is 10.0. The molecule has 1 aromatic carbocycles. The summed E-state index contributed by atoms with van der Waals surface area (Å²) in [5, 5.41) is 10.7. The van der Waals surface area contributed by atoms with Gasteiger partial charge in [-0.15, -0.1) is 5.10 Å². The van der Waals surface area contributed by atoms with Crippen LogP contribution in [0.15, 0.2) is 36.7 Å². The first-order chi connectivity index (χ1) is 12.2. The molecule has 1 amide bonds. The molecule has 134 valence electrons. The Bertz CT molecular complexity index is 653. The molecule has 2 aromatic rings. The quantitative estimate of drug-likeness (QED) is 0.781. The lowest BCUT2D eigenvalue weighted by Gasteiger charge is -2.34. The van der Waals surface area contributed by atoms with Crippen LogP contribution in [-0.4, -0.2) is 45.4 Å². The SMILES string of the molecule is O=C(NCCCn1ccnn1)[C@@H](c1ccc(F)cc1)N1CCCCC1. The molecule has 3 rings (SSSR count). The molecular weight excluding hydrogens is 321 g/mol. The third kappa shape index (κ3) is 4.85. The van der Waals surface area contributed by atoms with Crippen LogP contribution in [0, 0.1) is 5.82 Å². The van der Waals surface area contributed by atoms with Gasteiger partial charge in [0.2, 0.25) is 5.91 Å². The van der Waals surface area contributed by atoms with E-state index in [2.05, 4.69) is 20.5 Å². The van der Waals surface area contributed by atoms with Gasteiger partial charge >= 0.3 is 0 Å². The molecule has 1 fully saturated rings. The Hall–Kier alpha value is -2.28. The predicted molar refractivity (Wildman–Crippen MR) is 92.2 cm³/mol. The molecule has 25 heavy (non-hydrogen) atoms. The number of benzene rings is 1. The van der Waals surface area contributed by atoms with E-state index >= 15 is 0 Å². The number of nitrogens with zero attached hydrogens (tertiary/aromatic N) is 4. The summed E-state index contributed by atoms with van der Waals surface area (Å²) in [4.78, 5) is 15.0. The number of halogens is 1. The van der Waals surface area contributed by atoms with Gasteiger partial charge in [0, 0.05) is 19.3 Å². The average Bonchev–Trinajstić information content (AvgIpc) is 3.15. The largest absolute Gasteiger partial charge is 0.354 e. The van der Waals surface area contributed by atoms with Gasteiger partial charge in [0.1, 0.15) is 11.9 Å². The Morgan fingerprint density at radius 3 is 2.64 bits per heavy atom. The van der Waals surface area contributed by atoms with E-state index in [-0.39, 0.29) is 17.8 Å². The molecule has 0 saturated carbocycles. The van der Waals surface area contributed by atoms with Crippen LogP contribution in [0.2, 0.25) is 0 Å². The van der Waals surface area contributed by atoms with Crippen LogP contribution in [0.25, 0.3) is 0 Å². The van der Waals surface area contributed by atoms with Gasteiger partial charge in [-0.05, 0) is 50.0 Å². The summed E-state index contributed by atoms with van der Waals surface area (Å²) >= 11 is 0. The first kappa shape index (κ1) is 17.5. The first-order valence-corrected chi connectivity index (χ1v) is 8.85. The third-order valence-electron chi connectivity index (χ3n) is 4.53. The van der Waals surface area contributed by atoms with Gasteiger partial charge < -0.3 is 5.32 Å². The van der Waals surface area contributed by atoms with Crippen LogP contribution in [0.1, 0.15) is 37.3 Å². The van der Waals surface area contributed by atoms with Gasteiger partial charge in [-0.25, -0.2) is 4.39 Å². The molecule has 7 heteroatoms. The highest BCUT2D eigenvalue weighted by molar-refractivity contribution is 5.83. The fraction of sp³-hybridized carbons (Fsp3) is 0.500. The number of likely N-dealkylation sites (tertiary alicyclic amines) is 1. The second-order valence-corrected chi connectivity index (χ2v) is 6.36. The highest BCUT2D eigenvalue weighted by Gasteiger charge is 2.28. The maximum atomic E-state index is 13.2. The molecule has 6 nitrogen and oxygen atoms in total. The van der Waals surface area contributed by atoms with Crippen molar-refractivity contribution in [2.75, 3.05) is 19.6 Å². The summed E-state index contributed by atoms with van der Waals surface area (Å²) in [6.07, 6.45) is 7.61. The van der Waals surface area contributed by atoms with Crippen LogP contribution in [0.4, 0.5) is 4.39 Å². The zero-order valence-electron chi connectivity index (χ0n) is 14.3. The number of carbonyl (C=O) groups excluding carboxylic acids is 1. The summed E-state index contributed by atoms with van der Waals surface area (Å²) in [6, 6.07) is 5.91. The number of nitrogens with one attached hydrogen (secondary N) is 1. The molecule has 0 unspecified atom stereocenters. The monoisotopic (exact) mass is 345 g/mol. The van der Waals surface area contributed by atoms with Crippen molar-refractivity contribution in [2.24, 2.45) is 0 Å². The summed E-state index contributed by atoms with van der Waals surface area (Å²) in [7, 11) is 0. The molecule has 0 spiro atoms. The second-order valence-electron chi connectivity index (χ2n) is 6.36. The topological polar surface area (TPSA) is 63.1 Å². The maximum absolute atomic E-state index is 13.2. The van der Waals surface area contributed by atoms with E-state index < -0.39 is 0 Å². The summed E-state index contributed by atoms with van der Waals surface area (Å²) in [5.41, 5.74) is 0.845. The molecule has 1 saturated heterocycles. The summed E-state index contributed by atoms with van der Waals surface area (Å²) in [5.74, 6) is -0.304. The molecule has 0 radical (unpaired) electrons. The lowest BCUT2D eigenvalue weighted by Crippen LogP contribution is -2.43. The predicted octanol–water partition coefficient (Wildman–Crippen LogP) is 2.15. The molecule has 1 aliphatic heterocycles. The van der Waals surface area contributed by atoms with Crippen molar-refractivity contribution < 1.29 is 9.18 Å². The van der Waals surface area contributed by atoms with Gasteiger partial charge in [-0.1, -0.05) is 23.8 Å². The Labute approximate surface area is 147 Å². The van der Waals surface area contributed by atoms with Gasteiger partial charge in [0.15, 0.2) is 0 Å². The van der Waals surface area contributed by atoms with Crippen molar-refractivity contribution in [3.63, 3.8) is 0 Å². The number of carbonyl (C=O) groups is 1. The highest BCUT2D eigenvalue weighted by atomic mass is 19.1. The van der Waals surface area contributed by atoms with Gasteiger partial charge in [0.25, 0.3) is 0 Å². The Morgan fingerprint density at radius 1 is 1.20 bits per heavy atom. The number of hydrogen-bond donors (Lipinski definition) is 1. The maximum Gasteiger partial charge on any atom is 0.241 e. The minimum atomic E-state index is -0.354. The molecule has 0 aliphatic carbocycles. The Balaban J connectivity index is 1.61. The van der Waals surface area contributed by atoms with Gasteiger partial charge in [-0.2, -0.15) is 0 Å². The van der Waals surface area contributed by atoms with E-state index in [0.29, 0.717) is 13.1 Å². The Kier molecular flexibility index (Phi) is 6.11. The molecule has 2 heterocycles. The molecule has 1 aromatic heterocycles. The second kappa shape index (κ2) is 8.71. The lowest BCUT2D eigenvalue weighted by molar-refractivity contribution is -0.127. The molecule has 1 atom stereocenters. The molecule has 0 bridgehead atoms. The van der Waals surface area contributed by atoms with Crippen LogP contribution >= 0.6 is 0 Å². The minimum absolute atomic E-state index is 0.0212. The molecular formula is C18H24FN5O. The van der Waals surface area contributed by atoms with E-state index in [1.807, 2.05) is 0 Å². The normalized spacial score (nSPS) is 16.5. The van der Waals surface area contributed by atoms with Crippen molar-refractivity contribution in [3.05, 3.63) is 48.0 Å². The van der Waals surface area contributed by atoms with Crippen molar-refractivity contribution in [1.82, 2.24) is 25.2 Å². The molecule has 1 N–H and O–H groups in total. The number of hydrogen-bond acceptors (Lipinski definition) is 4. The number of aromatic nitrogens is 3. The number of amides is 1. The number of piperidine rings is 1. The van der Waals surface area contributed by atoms with Gasteiger partial charge in [-0.3, -0.25) is 14.4 Å². The van der Waals surface area contributed by atoms with E-state index in [9.17, 15) is 9.18 Å². The van der Waals surface area contributed by atoms with Crippen molar-refractivity contribution in [3.8, 4) is 0 Å². The third-order valence-corrected chi connectivity index (χ3v) is 4.53. The Morgan fingerprint density at radius 2 is 1.96 bits per heavy atom. The van der Waals surface area contributed by atoms with E-state index in [1.54, 1.807) is 29.2 Å². The van der Waals surface area contributed by atoms with E-state index in [1.165, 1.54) is 18.6 Å². The van der Waals surface area contributed by atoms with E-state index in [0.717, 1.165) is 37.9 Å². The minimum Gasteiger partial charge on any atom is -0.354 e. The standard InChI is InChI=1S/C18H24FN5O/c19-16-7-5-15(6-8-16)17(23-11-2-1-3-12-23)18(25)20-9-4-13-24-14-10-21-22-24/h5-8,10,14,17H,1-4,9,11-13H2,(H,20,25)/t17-/m1/s1. The molecule has 1 aliphatic rings. The van der Waals surface area contributed by atoms with Crippen molar-refractivity contribution >= 4 is 5.91 Å². The van der Waals surface area contributed by atoms with Crippen molar-refractivity contribution in [2.45, 2.75) is 38.3 Å². The van der Waals surface area contributed by atoms with Crippen LogP contribution in [0.3, 0.4) is 0 Å². The summed E-state index contributed by atoms with van der Waals surface area (Å²) < 4.78 is 15.0. The highest BCUT2D eigenvalue weighted by Crippen LogP contribution is 2.25. The van der Waals surface area contributed by atoms with Gasteiger partial charge in [0.05, 0.1) is 6.20 Å². The van der Waals surface area contributed by atoms with Crippen LogP contribution in [0.5, 0.6) is 0 Å². The van der Waals surface area contributed by atoms with Crippen LogP contribution < -0.4 is 5.32 Å². The van der Waals surface area contributed by atoms with Crippen molar-refractivity contribution in [1.29, 1.82) is 0 Å². The fourth-order valence-corrected chi connectivity index (χ4v) is 3.25. The number of aryl methyl sites for hydroxylation is 1. The first-order valence-electron chi connectivity index (χ1n) is 8.85. The zero-order valence-corrected chi connectivity index (χ0v) is 14.3. The fourth-order valence-electron chi connectivity index (χ4n) is 3.25. The number of rotatable bonds is 7. The summed E-state index contributed by atoms with van der Waals surface area (Å²) in [6.45, 7) is 3.08. The smallest absolute Gasteiger partial charge is 0.241 e. The van der Waals surface area contributed by atoms with Crippen LogP contribution in [-0.2, 0) is 11.3 Å².